The lowest BCUT2D eigenvalue weighted by Crippen LogP contribution is -2.35. The molecule has 0 unspecified atom stereocenters. The molecular formula is C15H21F3N2. The highest BCUT2D eigenvalue weighted by atomic mass is 19.4. The number of hydrogen-bond donors (Lipinski definition) is 1. The maximum absolute atomic E-state index is 12.6. The Labute approximate surface area is 118 Å². The van der Waals surface area contributed by atoms with Crippen molar-refractivity contribution in [2.45, 2.75) is 44.9 Å². The molecular weight excluding hydrogens is 265 g/mol. The summed E-state index contributed by atoms with van der Waals surface area (Å²) >= 11 is 0. The van der Waals surface area contributed by atoms with E-state index in [-0.39, 0.29) is 6.04 Å². The summed E-state index contributed by atoms with van der Waals surface area (Å²) < 4.78 is 37.8. The highest BCUT2D eigenvalue weighted by Gasteiger charge is 2.38. The average Bonchev–Trinajstić information content (AvgIpc) is 3.20. The van der Waals surface area contributed by atoms with Crippen LogP contribution in [-0.2, 0) is 6.54 Å². The predicted octanol–water partition coefficient (Wildman–Crippen LogP) is 3.72. The number of nitrogens with one attached hydrogen (secondary N) is 1. The Morgan fingerprint density at radius 3 is 2.35 bits per heavy atom. The number of nitrogens with zero attached hydrogens (tertiary/aromatic N) is 1. The lowest BCUT2D eigenvalue weighted by Gasteiger charge is -2.26. The van der Waals surface area contributed by atoms with Crippen LogP contribution >= 0.6 is 0 Å². The smallest absolute Gasteiger partial charge is 0.360 e. The minimum atomic E-state index is -4.15. The molecule has 1 N–H and O–H groups in total. The third kappa shape index (κ3) is 4.71. The summed E-state index contributed by atoms with van der Waals surface area (Å²) in [4.78, 5) is 1.48. The molecule has 2 nitrogen and oxygen atoms in total. The highest BCUT2D eigenvalue weighted by Crippen LogP contribution is 2.34. The van der Waals surface area contributed by atoms with Gasteiger partial charge in [-0.25, -0.2) is 0 Å². The predicted molar refractivity (Wildman–Crippen MR) is 74.9 cm³/mol. The molecule has 1 fully saturated rings. The van der Waals surface area contributed by atoms with Crippen LogP contribution in [0.15, 0.2) is 24.3 Å². The van der Waals surface area contributed by atoms with Gasteiger partial charge in [0, 0.05) is 18.3 Å². The van der Waals surface area contributed by atoms with E-state index in [0.717, 1.165) is 37.9 Å². The zero-order valence-corrected chi connectivity index (χ0v) is 11.7. The molecule has 1 aliphatic rings. The molecule has 0 amide bonds. The molecule has 0 heterocycles. The zero-order valence-electron chi connectivity index (χ0n) is 11.7. The molecule has 1 aromatic carbocycles. The van der Waals surface area contributed by atoms with E-state index in [1.165, 1.54) is 4.90 Å². The fraction of sp³-hybridized carbons (Fsp3) is 0.600. The third-order valence-corrected chi connectivity index (χ3v) is 3.36. The van der Waals surface area contributed by atoms with E-state index < -0.39 is 12.7 Å². The Morgan fingerprint density at radius 2 is 1.85 bits per heavy atom. The minimum absolute atomic E-state index is 0.0562. The van der Waals surface area contributed by atoms with Gasteiger partial charge < -0.3 is 10.2 Å². The molecule has 0 spiro atoms. The summed E-state index contributed by atoms with van der Waals surface area (Å²) in [5, 5.41) is 3.28. The molecule has 20 heavy (non-hydrogen) atoms. The van der Waals surface area contributed by atoms with Gasteiger partial charge in [-0.15, -0.1) is 0 Å². The molecule has 5 heteroatoms. The van der Waals surface area contributed by atoms with Gasteiger partial charge >= 0.3 is 6.18 Å². The van der Waals surface area contributed by atoms with Gasteiger partial charge in [0.25, 0.3) is 0 Å². The maximum Gasteiger partial charge on any atom is 0.405 e. The van der Waals surface area contributed by atoms with Gasteiger partial charge in [-0.05, 0) is 43.5 Å². The van der Waals surface area contributed by atoms with E-state index >= 15 is 0 Å². The Balaban J connectivity index is 1.99. The lowest BCUT2D eigenvalue weighted by atomic mass is 10.2. The first-order valence-electron chi connectivity index (χ1n) is 7.12. The van der Waals surface area contributed by atoms with Gasteiger partial charge in [-0.2, -0.15) is 13.2 Å². The van der Waals surface area contributed by atoms with Crippen LogP contribution in [0.1, 0.15) is 31.7 Å². The minimum Gasteiger partial charge on any atom is -0.360 e. The van der Waals surface area contributed by atoms with Crippen LogP contribution in [0.4, 0.5) is 18.9 Å². The average molecular weight is 286 g/mol. The number of anilines is 1. The summed E-state index contributed by atoms with van der Waals surface area (Å²) in [5.41, 5.74) is 1.77. The maximum atomic E-state index is 12.6. The van der Waals surface area contributed by atoms with Crippen molar-refractivity contribution in [3.05, 3.63) is 29.8 Å². The standard InChI is InChI=1S/C15H21F3N2/c1-2-9-19-10-12-3-5-13(6-4-12)20(14-7-8-14)11-15(16,17)18/h3-6,14,19H,2,7-11H2,1H3. The molecule has 1 saturated carbocycles. The van der Waals surface area contributed by atoms with Gasteiger partial charge in [-0.3, -0.25) is 0 Å². The van der Waals surface area contributed by atoms with E-state index in [1.54, 1.807) is 12.1 Å². The Hall–Kier alpha value is -1.23. The summed E-state index contributed by atoms with van der Waals surface area (Å²) in [7, 11) is 0. The second-order valence-electron chi connectivity index (χ2n) is 5.32. The topological polar surface area (TPSA) is 15.3 Å². The summed E-state index contributed by atoms with van der Waals surface area (Å²) in [6, 6.07) is 7.47. The molecule has 0 bridgehead atoms. The van der Waals surface area contributed by atoms with Gasteiger partial charge in [0.1, 0.15) is 6.54 Å². The number of halogens is 3. The van der Waals surface area contributed by atoms with Crippen LogP contribution in [0.3, 0.4) is 0 Å². The number of benzene rings is 1. The summed E-state index contributed by atoms with van der Waals surface area (Å²) in [6.45, 7) is 2.95. The molecule has 0 aliphatic heterocycles. The van der Waals surface area contributed by atoms with Gasteiger partial charge in [0.2, 0.25) is 0 Å². The van der Waals surface area contributed by atoms with Crippen LogP contribution in [0.2, 0.25) is 0 Å². The van der Waals surface area contributed by atoms with Crippen molar-refractivity contribution in [2.75, 3.05) is 18.0 Å². The first-order valence-corrected chi connectivity index (χ1v) is 7.12. The Kier molecular flexibility index (Phi) is 4.91. The Morgan fingerprint density at radius 1 is 1.20 bits per heavy atom. The van der Waals surface area contributed by atoms with Crippen LogP contribution in [0.5, 0.6) is 0 Å². The molecule has 0 radical (unpaired) electrons. The summed E-state index contributed by atoms with van der Waals surface area (Å²) in [6.07, 6.45) is -1.37. The van der Waals surface area contributed by atoms with E-state index in [9.17, 15) is 13.2 Å². The summed E-state index contributed by atoms with van der Waals surface area (Å²) in [5.74, 6) is 0. The van der Waals surface area contributed by atoms with Gasteiger partial charge in [0.15, 0.2) is 0 Å². The number of hydrogen-bond acceptors (Lipinski definition) is 2. The largest absolute Gasteiger partial charge is 0.405 e. The third-order valence-electron chi connectivity index (χ3n) is 3.36. The normalized spacial score (nSPS) is 15.4. The van der Waals surface area contributed by atoms with Crippen molar-refractivity contribution in [1.29, 1.82) is 0 Å². The molecule has 0 aromatic heterocycles. The molecule has 0 atom stereocenters. The first-order chi connectivity index (χ1) is 9.49. The lowest BCUT2D eigenvalue weighted by molar-refractivity contribution is -0.120. The van der Waals surface area contributed by atoms with E-state index in [4.69, 9.17) is 0 Å². The van der Waals surface area contributed by atoms with Crippen molar-refractivity contribution in [1.82, 2.24) is 5.32 Å². The van der Waals surface area contributed by atoms with Crippen LogP contribution in [-0.4, -0.2) is 25.3 Å². The van der Waals surface area contributed by atoms with Gasteiger partial charge in [0.05, 0.1) is 0 Å². The molecule has 2 rings (SSSR count). The van der Waals surface area contributed by atoms with E-state index in [0.29, 0.717) is 5.69 Å². The van der Waals surface area contributed by atoms with Crippen molar-refractivity contribution in [3.63, 3.8) is 0 Å². The van der Waals surface area contributed by atoms with Crippen molar-refractivity contribution in [3.8, 4) is 0 Å². The molecule has 112 valence electrons. The van der Waals surface area contributed by atoms with Crippen LogP contribution in [0, 0.1) is 0 Å². The fourth-order valence-corrected chi connectivity index (χ4v) is 2.23. The molecule has 1 aromatic rings. The quantitative estimate of drug-likeness (QED) is 0.769. The van der Waals surface area contributed by atoms with E-state index in [2.05, 4.69) is 12.2 Å². The SMILES string of the molecule is CCCNCc1ccc(N(CC(F)(F)F)C2CC2)cc1. The molecule has 0 saturated heterocycles. The van der Waals surface area contributed by atoms with Gasteiger partial charge in [-0.1, -0.05) is 19.1 Å². The number of alkyl halides is 3. The highest BCUT2D eigenvalue weighted by molar-refractivity contribution is 5.50. The van der Waals surface area contributed by atoms with Crippen molar-refractivity contribution < 1.29 is 13.2 Å². The monoisotopic (exact) mass is 286 g/mol. The number of rotatable bonds is 7. The second kappa shape index (κ2) is 6.48. The second-order valence-corrected chi connectivity index (χ2v) is 5.32. The first kappa shape index (κ1) is 15.2. The zero-order chi connectivity index (χ0) is 14.6. The fourth-order valence-electron chi connectivity index (χ4n) is 2.23. The Bertz CT molecular complexity index is 410. The van der Waals surface area contributed by atoms with E-state index in [1.807, 2.05) is 12.1 Å². The van der Waals surface area contributed by atoms with Crippen LogP contribution < -0.4 is 10.2 Å². The van der Waals surface area contributed by atoms with Crippen molar-refractivity contribution in [2.24, 2.45) is 0 Å². The van der Waals surface area contributed by atoms with Crippen molar-refractivity contribution >= 4 is 5.69 Å². The molecule has 1 aliphatic carbocycles. The van der Waals surface area contributed by atoms with Crippen LogP contribution in [0.25, 0.3) is 0 Å².